The minimum atomic E-state index is -0.957. The van der Waals surface area contributed by atoms with Crippen molar-refractivity contribution in [1.29, 1.82) is 5.26 Å². The lowest BCUT2D eigenvalue weighted by molar-refractivity contribution is 0.224. The first-order chi connectivity index (χ1) is 10.8. The Balaban J connectivity index is 2.11. The predicted molar refractivity (Wildman–Crippen MR) is 87.4 cm³/mol. The van der Waals surface area contributed by atoms with Gasteiger partial charge in [0.05, 0.1) is 12.2 Å². The van der Waals surface area contributed by atoms with Crippen molar-refractivity contribution >= 4 is 18.2 Å². The first-order valence-electron chi connectivity index (χ1n) is 7.36. The normalized spacial score (nSPS) is 17.6. The van der Waals surface area contributed by atoms with Crippen molar-refractivity contribution in [3.63, 3.8) is 0 Å². The number of rotatable bonds is 4. The molecule has 0 saturated heterocycles. The Bertz CT molecular complexity index is 707. The van der Waals surface area contributed by atoms with Crippen LogP contribution in [0.5, 0.6) is 0 Å². The van der Waals surface area contributed by atoms with Gasteiger partial charge >= 0.3 is 7.12 Å². The molecule has 0 saturated carbocycles. The SMILES string of the molecule is N#CCC[C@H]1OB(O)C(c2ccccc2)=C1c1ccccc1. The van der Waals surface area contributed by atoms with Crippen LogP contribution in [0.2, 0.25) is 0 Å². The standard InChI is InChI=1S/C18H16BNO2/c20-13-7-12-16-17(14-8-3-1-4-9-14)18(19(21)22-16)15-10-5-2-6-11-15/h1-6,8-11,16,21H,7,12H2/t16-/m1/s1. The van der Waals surface area contributed by atoms with E-state index in [9.17, 15) is 5.02 Å². The number of nitrogens with zero attached hydrogens (tertiary/aromatic N) is 1. The van der Waals surface area contributed by atoms with E-state index in [0.717, 1.165) is 22.2 Å². The molecular formula is C18H16BNO2. The molecule has 1 aliphatic heterocycles. The third kappa shape index (κ3) is 2.82. The molecule has 0 aromatic heterocycles. The van der Waals surface area contributed by atoms with Gasteiger partial charge in [0, 0.05) is 6.42 Å². The molecule has 2 aromatic rings. The van der Waals surface area contributed by atoms with E-state index in [2.05, 4.69) is 6.07 Å². The molecule has 0 radical (unpaired) electrons. The summed E-state index contributed by atoms with van der Waals surface area (Å²) in [5.74, 6) is 0. The number of hydrogen-bond acceptors (Lipinski definition) is 3. The highest BCUT2D eigenvalue weighted by Crippen LogP contribution is 2.39. The molecule has 0 amide bonds. The second-order valence-corrected chi connectivity index (χ2v) is 5.23. The van der Waals surface area contributed by atoms with Crippen LogP contribution in [0.1, 0.15) is 24.0 Å². The molecule has 108 valence electrons. The summed E-state index contributed by atoms with van der Waals surface area (Å²) >= 11 is 0. The van der Waals surface area contributed by atoms with Crippen molar-refractivity contribution in [2.45, 2.75) is 18.9 Å². The lowest BCUT2D eigenvalue weighted by atomic mass is 9.73. The van der Waals surface area contributed by atoms with E-state index < -0.39 is 7.12 Å². The van der Waals surface area contributed by atoms with E-state index in [1.165, 1.54) is 0 Å². The van der Waals surface area contributed by atoms with Gasteiger partial charge in [-0.1, -0.05) is 60.7 Å². The van der Waals surface area contributed by atoms with Gasteiger partial charge in [0.15, 0.2) is 0 Å². The summed E-state index contributed by atoms with van der Waals surface area (Å²) in [5.41, 5.74) is 3.76. The first kappa shape index (κ1) is 14.6. The molecule has 22 heavy (non-hydrogen) atoms. The summed E-state index contributed by atoms with van der Waals surface area (Å²) in [7, 11) is -0.957. The van der Waals surface area contributed by atoms with Gasteiger partial charge in [0.2, 0.25) is 0 Å². The van der Waals surface area contributed by atoms with Crippen LogP contribution in [0.4, 0.5) is 0 Å². The van der Waals surface area contributed by atoms with Crippen LogP contribution in [0.15, 0.2) is 60.7 Å². The van der Waals surface area contributed by atoms with E-state index in [-0.39, 0.29) is 6.10 Å². The third-order valence-corrected chi connectivity index (χ3v) is 3.84. The molecule has 0 unspecified atom stereocenters. The fourth-order valence-corrected chi connectivity index (χ4v) is 2.88. The fraction of sp³-hybridized carbons (Fsp3) is 0.167. The van der Waals surface area contributed by atoms with Crippen molar-refractivity contribution in [3.8, 4) is 6.07 Å². The van der Waals surface area contributed by atoms with Gasteiger partial charge < -0.3 is 9.68 Å². The van der Waals surface area contributed by atoms with E-state index in [1.807, 2.05) is 60.7 Å². The number of nitriles is 1. The summed E-state index contributed by atoms with van der Waals surface area (Å²) in [4.78, 5) is 0. The molecule has 2 aromatic carbocycles. The van der Waals surface area contributed by atoms with Crippen molar-refractivity contribution in [2.24, 2.45) is 0 Å². The summed E-state index contributed by atoms with van der Waals surface area (Å²) in [5, 5.41) is 19.2. The topological polar surface area (TPSA) is 53.2 Å². The predicted octanol–water partition coefficient (Wildman–Crippen LogP) is 3.32. The van der Waals surface area contributed by atoms with Crippen LogP contribution in [0.25, 0.3) is 11.0 Å². The third-order valence-electron chi connectivity index (χ3n) is 3.84. The summed E-state index contributed by atoms with van der Waals surface area (Å²) < 4.78 is 5.73. The molecule has 1 atom stereocenters. The van der Waals surface area contributed by atoms with Crippen molar-refractivity contribution in [1.82, 2.24) is 0 Å². The highest BCUT2D eigenvalue weighted by atomic mass is 16.5. The maximum absolute atomic E-state index is 10.4. The van der Waals surface area contributed by atoms with Crippen molar-refractivity contribution in [2.75, 3.05) is 0 Å². The Morgan fingerprint density at radius 1 is 1.00 bits per heavy atom. The second-order valence-electron chi connectivity index (χ2n) is 5.23. The Hall–Kier alpha value is -2.35. The van der Waals surface area contributed by atoms with Gasteiger partial charge in [-0.25, -0.2) is 0 Å². The Morgan fingerprint density at radius 2 is 1.59 bits per heavy atom. The molecule has 3 rings (SSSR count). The van der Waals surface area contributed by atoms with Gasteiger partial charge in [-0.2, -0.15) is 5.26 Å². The van der Waals surface area contributed by atoms with Gasteiger partial charge in [-0.3, -0.25) is 0 Å². The molecule has 3 nitrogen and oxygen atoms in total. The zero-order valence-corrected chi connectivity index (χ0v) is 12.1. The smallest absolute Gasteiger partial charge is 0.423 e. The average Bonchev–Trinajstić information content (AvgIpc) is 2.91. The van der Waals surface area contributed by atoms with Gasteiger partial charge in [-0.15, -0.1) is 0 Å². The largest absolute Gasteiger partial charge is 0.492 e. The fourth-order valence-electron chi connectivity index (χ4n) is 2.88. The van der Waals surface area contributed by atoms with Crippen LogP contribution >= 0.6 is 0 Å². The van der Waals surface area contributed by atoms with Crippen molar-refractivity contribution in [3.05, 3.63) is 71.8 Å². The highest BCUT2D eigenvalue weighted by Gasteiger charge is 2.38. The summed E-state index contributed by atoms with van der Waals surface area (Å²) in [6, 6.07) is 21.9. The summed E-state index contributed by atoms with van der Waals surface area (Å²) in [6.45, 7) is 0. The number of benzene rings is 2. The molecule has 1 aliphatic rings. The van der Waals surface area contributed by atoms with Gasteiger partial charge in [0.25, 0.3) is 0 Å². The molecule has 0 bridgehead atoms. The average molecular weight is 289 g/mol. The molecule has 0 fully saturated rings. The second kappa shape index (κ2) is 6.61. The van der Waals surface area contributed by atoms with E-state index in [0.29, 0.717) is 12.8 Å². The molecular weight excluding hydrogens is 273 g/mol. The zero-order chi connectivity index (χ0) is 15.4. The first-order valence-corrected chi connectivity index (χ1v) is 7.36. The molecule has 0 aliphatic carbocycles. The number of hydrogen-bond donors (Lipinski definition) is 1. The molecule has 4 heteroatoms. The quantitative estimate of drug-likeness (QED) is 0.878. The van der Waals surface area contributed by atoms with Crippen LogP contribution < -0.4 is 0 Å². The maximum atomic E-state index is 10.4. The highest BCUT2D eigenvalue weighted by molar-refractivity contribution is 6.71. The molecule has 1 N–H and O–H groups in total. The molecule has 1 heterocycles. The Morgan fingerprint density at radius 3 is 2.18 bits per heavy atom. The summed E-state index contributed by atoms with van der Waals surface area (Å²) in [6.07, 6.45) is 0.719. The monoisotopic (exact) mass is 289 g/mol. The van der Waals surface area contributed by atoms with Crippen LogP contribution in [0, 0.1) is 11.3 Å². The van der Waals surface area contributed by atoms with E-state index >= 15 is 0 Å². The lowest BCUT2D eigenvalue weighted by Crippen LogP contribution is -2.18. The zero-order valence-electron chi connectivity index (χ0n) is 12.1. The van der Waals surface area contributed by atoms with Crippen LogP contribution in [-0.2, 0) is 4.65 Å². The Kier molecular flexibility index (Phi) is 4.38. The minimum Gasteiger partial charge on any atom is -0.423 e. The van der Waals surface area contributed by atoms with Crippen molar-refractivity contribution < 1.29 is 9.68 Å². The van der Waals surface area contributed by atoms with Crippen LogP contribution in [0.3, 0.4) is 0 Å². The molecule has 0 spiro atoms. The van der Waals surface area contributed by atoms with Crippen LogP contribution in [-0.4, -0.2) is 18.2 Å². The Labute approximate surface area is 130 Å². The van der Waals surface area contributed by atoms with E-state index in [1.54, 1.807) is 0 Å². The maximum Gasteiger partial charge on any atom is 0.492 e. The minimum absolute atomic E-state index is 0.257. The van der Waals surface area contributed by atoms with Gasteiger partial charge in [-0.05, 0) is 28.6 Å². The lowest BCUT2D eigenvalue weighted by Gasteiger charge is -2.15. The van der Waals surface area contributed by atoms with E-state index in [4.69, 9.17) is 9.92 Å². The van der Waals surface area contributed by atoms with Gasteiger partial charge in [0.1, 0.15) is 0 Å².